The third kappa shape index (κ3) is 2.83. The minimum atomic E-state index is -0.882. The summed E-state index contributed by atoms with van der Waals surface area (Å²) in [6.07, 6.45) is 0.531. The molecule has 1 atom stereocenters. The second-order valence-electron chi connectivity index (χ2n) is 5.84. The standard InChI is InChI=1S/C18H20N2O2/c1-18(22)11-12-20(16-10-6-5-9-15(16)18)17(21)19-13-14-7-3-2-4-8-14/h2-10,22H,11-13H2,1H3,(H,19,21). The van der Waals surface area contributed by atoms with Crippen LogP contribution in [0.25, 0.3) is 0 Å². The van der Waals surface area contributed by atoms with E-state index in [1.165, 1.54) is 0 Å². The first-order valence-corrected chi connectivity index (χ1v) is 7.49. The van der Waals surface area contributed by atoms with E-state index in [2.05, 4.69) is 5.32 Å². The van der Waals surface area contributed by atoms with Gasteiger partial charge in [0.1, 0.15) is 0 Å². The zero-order chi connectivity index (χ0) is 15.6. The van der Waals surface area contributed by atoms with E-state index < -0.39 is 5.60 Å². The monoisotopic (exact) mass is 296 g/mol. The lowest BCUT2D eigenvalue weighted by molar-refractivity contribution is 0.0463. The summed E-state index contributed by atoms with van der Waals surface area (Å²) >= 11 is 0. The maximum Gasteiger partial charge on any atom is 0.322 e. The van der Waals surface area contributed by atoms with Gasteiger partial charge < -0.3 is 10.4 Å². The van der Waals surface area contributed by atoms with E-state index in [-0.39, 0.29) is 6.03 Å². The van der Waals surface area contributed by atoms with Crippen LogP contribution in [-0.2, 0) is 12.1 Å². The summed E-state index contributed by atoms with van der Waals surface area (Å²) in [5.41, 5.74) is 1.76. The van der Waals surface area contributed by atoms with Gasteiger partial charge in [0.05, 0.1) is 11.3 Å². The molecule has 22 heavy (non-hydrogen) atoms. The summed E-state index contributed by atoms with van der Waals surface area (Å²) in [7, 11) is 0. The maximum absolute atomic E-state index is 12.5. The van der Waals surface area contributed by atoms with Crippen LogP contribution in [0.3, 0.4) is 0 Å². The Bertz CT molecular complexity index is 668. The van der Waals surface area contributed by atoms with Gasteiger partial charge in [-0.15, -0.1) is 0 Å². The zero-order valence-corrected chi connectivity index (χ0v) is 12.6. The van der Waals surface area contributed by atoms with Gasteiger partial charge in [-0.25, -0.2) is 4.79 Å². The fraction of sp³-hybridized carbons (Fsp3) is 0.278. The lowest BCUT2D eigenvalue weighted by atomic mass is 9.87. The van der Waals surface area contributed by atoms with Crippen molar-refractivity contribution in [2.75, 3.05) is 11.4 Å². The summed E-state index contributed by atoms with van der Waals surface area (Å²) in [6.45, 7) is 2.80. The number of nitrogens with one attached hydrogen (secondary N) is 1. The Hall–Kier alpha value is -2.33. The van der Waals surface area contributed by atoms with Crippen LogP contribution in [0.4, 0.5) is 10.5 Å². The third-order valence-corrected chi connectivity index (χ3v) is 4.13. The minimum Gasteiger partial charge on any atom is -0.385 e. The fourth-order valence-electron chi connectivity index (χ4n) is 2.83. The molecule has 3 rings (SSSR count). The summed E-state index contributed by atoms with van der Waals surface area (Å²) < 4.78 is 0. The highest BCUT2D eigenvalue weighted by atomic mass is 16.3. The molecule has 2 N–H and O–H groups in total. The van der Waals surface area contributed by atoms with Crippen molar-refractivity contribution in [3.8, 4) is 0 Å². The predicted octanol–water partition coefficient (Wildman–Crippen LogP) is 3.01. The molecule has 1 unspecified atom stereocenters. The SMILES string of the molecule is CC1(O)CCN(C(=O)NCc2ccccc2)c2ccccc21. The molecule has 0 aromatic heterocycles. The molecular weight excluding hydrogens is 276 g/mol. The number of benzene rings is 2. The second kappa shape index (κ2) is 5.81. The number of rotatable bonds is 2. The lowest BCUT2D eigenvalue weighted by Crippen LogP contribution is -2.46. The van der Waals surface area contributed by atoms with Gasteiger partial charge >= 0.3 is 6.03 Å². The molecular formula is C18H20N2O2. The molecule has 0 aliphatic carbocycles. The number of carbonyl (C=O) groups is 1. The van der Waals surface area contributed by atoms with Gasteiger partial charge in [-0.3, -0.25) is 4.90 Å². The number of fused-ring (bicyclic) bond motifs is 1. The molecule has 114 valence electrons. The largest absolute Gasteiger partial charge is 0.385 e. The fourth-order valence-corrected chi connectivity index (χ4v) is 2.83. The van der Waals surface area contributed by atoms with E-state index in [0.717, 1.165) is 16.8 Å². The molecule has 2 aromatic rings. The molecule has 1 heterocycles. The van der Waals surface area contributed by atoms with Gasteiger partial charge in [0.25, 0.3) is 0 Å². The number of anilines is 1. The molecule has 2 amide bonds. The van der Waals surface area contributed by atoms with Crippen molar-refractivity contribution < 1.29 is 9.90 Å². The Kier molecular flexibility index (Phi) is 3.86. The van der Waals surface area contributed by atoms with Crippen LogP contribution in [0.5, 0.6) is 0 Å². The van der Waals surface area contributed by atoms with Crippen LogP contribution in [-0.4, -0.2) is 17.7 Å². The molecule has 4 nitrogen and oxygen atoms in total. The molecule has 0 spiro atoms. The molecule has 2 aromatic carbocycles. The predicted molar refractivity (Wildman–Crippen MR) is 86.7 cm³/mol. The number of amides is 2. The normalized spacial score (nSPS) is 20.4. The number of hydrogen-bond acceptors (Lipinski definition) is 2. The number of urea groups is 1. The average Bonchev–Trinajstić information content (AvgIpc) is 2.54. The summed E-state index contributed by atoms with van der Waals surface area (Å²) in [6, 6.07) is 17.2. The van der Waals surface area contributed by atoms with Crippen molar-refractivity contribution in [2.45, 2.75) is 25.5 Å². The van der Waals surface area contributed by atoms with E-state index in [4.69, 9.17) is 0 Å². The van der Waals surface area contributed by atoms with Crippen molar-refractivity contribution in [2.24, 2.45) is 0 Å². The van der Waals surface area contributed by atoms with Gasteiger partial charge in [-0.05, 0) is 25.0 Å². The number of aliphatic hydroxyl groups is 1. The van der Waals surface area contributed by atoms with E-state index in [9.17, 15) is 9.90 Å². The molecule has 1 aliphatic heterocycles. The van der Waals surface area contributed by atoms with Gasteiger partial charge in [0, 0.05) is 18.7 Å². The summed E-state index contributed by atoms with van der Waals surface area (Å²) in [5.74, 6) is 0. The molecule has 0 saturated heterocycles. The third-order valence-electron chi connectivity index (χ3n) is 4.13. The van der Waals surface area contributed by atoms with Crippen LogP contribution >= 0.6 is 0 Å². The van der Waals surface area contributed by atoms with E-state index in [1.807, 2.05) is 54.6 Å². The van der Waals surface area contributed by atoms with Crippen molar-refractivity contribution in [1.82, 2.24) is 5.32 Å². The molecule has 0 radical (unpaired) electrons. The molecule has 0 bridgehead atoms. The van der Waals surface area contributed by atoms with E-state index >= 15 is 0 Å². The lowest BCUT2D eigenvalue weighted by Gasteiger charge is -2.37. The minimum absolute atomic E-state index is 0.133. The number of carbonyl (C=O) groups excluding carboxylic acids is 1. The number of nitrogens with zero attached hydrogens (tertiary/aromatic N) is 1. The quantitative estimate of drug-likeness (QED) is 0.895. The van der Waals surface area contributed by atoms with Crippen molar-refractivity contribution in [3.63, 3.8) is 0 Å². The highest BCUT2D eigenvalue weighted by Gasteiger charge is 2.34. The Balaban J connectivity index is 1.76. The first-order valence-electron chi connectivity index (χ1n) is 7.49. The smallest absolute Gasteiger partial charge is 0.322 e. The van der Waals surface area contributed by atoms with Gasteiger partial charge in [0.15, 0.2) is 0 Å². The van der Waals surface area contributed by atoms with E-state index in [1.54, 1.807) is 11.8 Å². The Morgan fingerprint density at radius 1 is 1.18 bits per heavy atom. The molecule has 0 fully saturated rings. The summed E-state index contributed by atoms with van der Waals surface area (Å²) in [5, 5.41) is 13.4. The second-order valence-corrected chi connectivity index (χ2v) is 5.84. The van der Waals surface area contributed by atoms with Crippen molar-refractivity contribution >= 4 is 11.7 Å². The topological polar surface area (TPSA) is 52.6 Å². The van der Waals surface area contributed by atoms with Gasteiger partial charge in [-0.1, -0.05) is 48.5 Å². The molecule has 4 heteroatoms. The van der Waals surface area contributed by atoms with Crippen LogP contribution < -0.4 is 10.2 Å². The van der Waals surface area contributed by atoms with Crippen molar-refractivity contribution in [1.29, 1.82) is 0 Å². The Labute approximate surface area is 130 Å². The zero-order valence-electron chi connectivity index (χ0n) is 12.6. The van der Waals surface area contributed by atoms with Gasteiger partial charge in [0.2, 0.25) is 0 Å². The van der Waals surface area contributed by atoms with Gasteiger partial charge in [-0.2, -0.15) is 0 Å². The highest BCUT2D eigenvalue weighted by Crippen LogP contribution is 2.37. The van der Waals surface area contributed by atoms with Crippen molar-refractivity contribution in [3.05, 3.63) is 65.7 Å². The number of hydrogen-bond donors (Lipinski definition) is 2. The Morgan fingerprint density at radius 3 is 2.64 bits per heavy atom. The molecule has 0 saturated carbocycles. The molecule has 1 aliphatic rings. The first kappa shape index (κ1) is 14.6. The number of para-hydroxylation sites is 1. The van der Waals surface area contributed by atoms with E-state index in [0.29, 0.717) is 19.5 Å². The maximum atomic E-state index is 12.5. The first-order chi connectivity index (χ1) is 10.6. The Morgan fingerprint density at radius 2 is 1.86 bits per heavy atom. The average molecular weight is 296 g/mol. The van der Waals surface area contributed by atoms with Crippen LogP contribution in [0.1, 0.15) is 24.5 Å². The highest BCUT2D eigenvalue weighted by molar-refractivity contribution is 5.93. The summed E-state index contributed by atoms with van der Waals surface area (Å²) in [4.78, 5) is 14.2. The van der Waals surface area contributed by atoms with Crippen LogP contribution in [0.15, 0.2) is 54.6 Å². The van der Waals surface area contributed by atoms with Crippen LogP contribution in [0.2, 0.25) is 0 Å². The van der Waals surface area contributed by atoms with Crippen LogP contribution in [0, 0.1) is 0 Å².